The van der Waals surface area contributed by atoms with E-state index in [0.29, 0.717) is 6.54 Å². The number of hydrogen-bond donors (Lipinski definition) is 1. The number of aromatic nitrogens is 1. The van der Waals surface area contributed by atoms with Gasteiger partial charge in [-0.05, 0) is 36.8 Å². The first-order chi connectivity index (χ1) is 10.1. The van der Waals surface area contributed by atoms with Crippen LogP contribution in [0.5, 0.6) is 0 Å². The summed E-state index contributed by atoms with van der Waals surface area (Å²) in [7, 11) is 1.98. The van der Waals surface area contributed by atoms with Crippen molar-refractivity contribution in [1.82, 2.24) is 4.57 Å². The fraction of sp³-hybridized carbons (Fsp3) is 0.176. The van der Waals surface area contributed by atoms with Crippen molar-refractivity contribution in [3.63, 3.8) is 0 Å². The van der Waals surface area contributed by atoms with E-state index in [9.17, 15) is 8.78 Å². The van der Waals surface area contributed by atoms with Gasteiger partial charge in [0.15, 0.2) is 0 Å². The first-order valence-electron chi connectivity index (χ1n) is 6.79. The number of hydrogen-bond acceptors (Lipinski definition) is 1. The highest BCUT2D eigenvalue weighted by atomic mass is 19.1. The molecule has 0 radical (unpaired) electrons. The van der Waals surface area contributed by atoms with Gasteiger partial charge in [0.2, 0.25) is 0 Å². The summed E-state index contributed by atoms with van der Waals surface area (Å²) in [5, 5.41) is 4.15. The number of nitrogens with zero attached hydrogens (tertiary/aromatic N) is 1. The van der Waals surface area contributed by atoms with Crippen molar-refractivity contribution in [2.24, 2.45) is 7.05 Å². The number of para-hydroxylation sites is 1. The summed E-state index contributed by atoms with van der Waals surface area (Å²) >= 11 is 0. The second kappa shape index (κ2) is 5.20. The molecule has 3 rings (SSSR count). The third-order valence-corrected chi connectivity index (χ3v) is 3.88. The van der Waals surface area contributed by atoms with Crippen molar-refractivity contribution in [2.75, 3.05) is 5.32 Å². The van der Waals surface area contributed by atoms with E-state index in [0.717, 1.165) is 28.9 Å². The Morgan fingerprint density at radius 1 is 1.10 bits per heavy atom. The van der Waals surface area contributed by atoms with Crippen LogP contribution in [0.1, 0.15) is 11.3 Å². The molecule has 1 N–H and O–H groups in total. The molecule has 0 fully saturated rings. The van der Waals surface area contributed by atoms with Gasteiger partial charge in [-0.3, -0.25) is 0 Å². The van der Waals surface area contributed by atoms with Crippen molar-refractivity contribution in [2.45, 2.75) is 13.5 Å². The number of fused-ring (bicyclic) bond motifs is 1. The Balaban J connectivity index is 1.94. The Bertz CT molecular complexity index is 767. The number of benzene rings is 2. The molecule has 108 valence electrons. The average Bonchev–Trinajstić information content (AvgIpc) is 2.73. The lowest BCUT2D eigenvalue weighted by Gasteiger charge is -2.10. The lowest BCUT2D eigenvalue weighted by Crippen LogP contribution is -2.07. The van der Waals surface area contributed by atoms with Crippen molar-refractivity contribution in [3.05, 3.63) is 65.4 Å². The number of rotatable bonds is 3. The summed E-state index contributed by atoms with van der Waals surface area (Å²) in [5.74, 6) is -0.902. The van der Waals surface area contributed by atoms with Crippen LogP contribution in [0.4, 0.5) is 14.5 Å². The van der Waals surface area contributed by atoms with Crippen LogP contribution in [0.25, 0.3) is 10.9 Å². The van der Waals surface area contributed by atoms with Gasteiger partial charge in [-0.15, -0.1) is 0 Å². The zero-order chi connectivity index (χ0) is 15.0. The molecule has 2 aromatic carbocycles. The van der Waals surface area contributed by atoms with Crippen LogP contribution in [0, 0.1) is 18.6 Å². The zero-order valence-electron chi connectivity index (χ0n) is 12.0. The van der Waals surface area contributed by atoms with Crippen molar-refractivity contribution < 1.29 is 8.78 Å². The van der Waals surface area contributed by atoms with Crippen molar-refractivity contribution in [1.29, 1.82) is 0 Å². The van der Waals surface area contributed by atoms with Gasteiger partial charge in [-0.1, -0.05) is 18.2 Å². The van der Waals surface area contributed by atoms with E-state index in [1.807, 2.05) is 26.1 Å². The minimum atomic E-state index is -0.451. The molecule has 1 aromatic heterocycles. The number of halogens is 2. The number of aryl methyl sites for hydroxylation is 2. The maximum atomic E-state index is 13.6. The molecular formula is C17H16F2N2. The Kier molecular flexibility index (Phi) is 3.37. The van der Waals surface area contributed by atoms with Crippen LogP contribution >= 0.6 is 0 Å². The molecule has 0 spiro atoms. The minimum Gasteiger partial charge on any atom is -0.377 e. The van der Waals surface area contributed by atoms with Crippen LogP contribution in [0.2, 0.25) is 0 Å². The van der Waals surface area contributed by atoms with E-state index >= 15 is 0 Å². The lowest BCUT2D eigenvalue weighted by molar-refractivity contribution is 0.602. The standard InChI is InChI=1S/C17H16F2N2/c1-11-13-5-3-4-6-16(13)21(2)17(11)10-20-15-9-12(18)7-8-14(15)19/h3-9,20H,10H2,1-2H3. The highest BCUT2D eigenvalue weighted by molar-refractivity contribution is 5.85. The van der Waals surface area contributed by atoms with Crippen LogP contribution in [0.15, 0.2) is 42.5 Å². The number of anilines is 1. The third kappa shape index (κ3) is 2.37. The van der Waals surface area contributed by atoms with Gasteiger partial charge in [-0.2, -0.15) is 0 Å². The predicted octanol–water partition coefficient (Wildman–Crippen LogP) is 4.38. The Morgan fingerprint density at radius 2 is 1.86 bits per heavy atom. The first-order valence-corrected chi connectivity index (χ1v) is 6.79. The van der Waals surface area contributed by atoms with Gasteiger partial charge in [0.1, 0.15) is 11.6 Å². The molecule has 4 heteroatoms. The van der Waals surface area contributed by atoms with E-state index in [1.165, 1.54) is 11.5 Å². The van der Waals surface area contributed by atoms with E-state index in [-0.39, 0.29) is 5.69 Å². The first kappa shape index (κ1) is 13.6. The summed E-state index contributed by atoms with van der Waals surface area (Å²) in [4.78, 5) is 0. The highest BCUT2D eigenvalue weighted by Gasteiger charge is 2.11. The molecule has 0 saturated heterocycles. The molecular weight excluding hydrogens is 270 g/mol. The fourth-order valence-electron chi connectivity index (χ4n) is 2.70. The predicted molar refractivity (Wildman–Crippen MR) is 81.3 cm³/mol. The largest absolute Gasteiger partial charge is 0.377 e. The summed E-state index contributed by atoms with van der Waals surface area (Å²) < 4.78 is 28.9. The van der Waals surface area contributed by atoms with Crippen LogP contribution in [0.3, 0.4) is 0 Å². The lowest BCUT2D eigenvalue weighted by atomic mass is 10.1. The molecule has 0 aliphatic rings. The summed E-state index contributed by atoms with van der Waals surface area (Å²) in [6.07, 6.45) is 0. The van der Waals surface area contributed by atoms with Crippen LogP contribution < -0.4 is 5.32 Å². The molecule has 21 heavy (non-hydrogen) atoms. The molecule has 0 unspecified atom stereocenters. The van der Waals surface area contributed by atoms with E-state index in [4.69, 9.17) is 0 Å². The molecule has 0 bridgehead atoms. The molecule has 0 saturated carbocycles. The maximum Gasteiger partial charge on any atom is 0.146 e. The molecule has 0 atom stereocenters. The minimum absolute atomic E-state index is 0.180. The topological polar surface area (TPSA) is 17.0 Å². The summed E-state index contributed by atoms with van der Waals surface area (Å²) in [6, 6.07) is 11.5. The molecule has 0 aliphatic heterocycles. The molecule has 3 aromatic rings. The Hall–Kier alpha value is -2.36. The highest BCUT2D eigenvalue weighted by Crippen LogP contribution is 2.25. The summed E-state index contributed by atoms with van der Waals surface area (Å²) in [6.45, 7) is 2.48. The van der Waals surface area contributed by atoms with E-state index in [1.54, 1.807) is 0 Å². The number of nitrogens with one attached hydrogen (secondary N) is 1. The maximum absolute atomic E-state index is 13.6. The van der Waals surface area contributed by atoms with Gasteiger partial charge in [0, 0.05) is 23.6 Å². The second-order valence-corrected chi connectivity index (χ2v) is 5.13. The van der Waals surface area contributed by atoms with Gasteiger partial charge in [-0.25, -0.2) is 8.78 Å². The molecule has 1 heterocycles. The third-order valence-electron chi connectivity index (χ3n) is 3.88. The fourth-order valence-corrected chi connectivity index (χ4v) is 2.70. The second-order valence-electron chi connectivity index (χ2n) is 5.13. The van der Waals surface area contributed by atoms with Crippen LogP contribution in [-0.4, -0.2) is 4.57 Å². The van der Waals surface area contributed by atoms with Crippen molar-refractivity contribution >= 4 is 16.6 Å². The van der Waals surface area contributed by atoms with Gasteiger partial charge >= 0.3 is 0 Å². The summed E-state index contributed by atoms with van der Waals surface area (Å²) in [5.41, 5.74) is 3.52. The smallest absolute Gasteiger partial charge is 0.146 e. The van der Waals surface area contributed by atoms with E-state index < -0.39 is 11.6 Å². The SMILES string of the molecule is Cc1c(CNc2cc(F)ccc2F)n(C)c2ccccc12. The van der Waals surface area contributed by atoms with Gasteiger partial charge < -0.3 is 9.88 Å². The molecule has 0 aliphatic carbocycles. The Labute approximate surface area is 122 Å². The normalized spacial score (nSPS) is 11.0. The van der Waals surface area contributed by atoms with Crippen LogP contribution in [-0.2, 0) is 13.6 Å². The molecule has 2 nitrogen and oxygen atoms in total. The van der Waals surface area contributed by atoms with Gasteiger partial charge in [0.25, 0.3) is 0 Å². The van der Waals surface area contributed by atoms with Gasteiger partial charge in [0.05, 0.1) is 12.2 Å². The average molecular weight is 286 g/mol. The monoisotopic (exact) mass is 286 g/mol. The molecule has 0 amide bonds. The zero-order valence-corrected chi connectivity index (χ0v) is 12.0. The quantitative estimate of drug-likeness (QED) is 0.756. The van der Waals surface area contributed by atoms with Crippen molar-refractivity contribution in [3.8, 4) is 0 Å². The van der Waals surface area contributed by atoms with E-state index in [2.05, 4.69) is 22.0 Å². The Morgan fingerprint density at radius 3 is 2.62 bits per heavy atom.